The number of carbonyl (C=O) groups is 1. The van der Waals surface area contributed by atoms with Crippen molar-refractivity contribution in [2.24, 2.45) is 0 Å². The third kappa shape index (κ3) is 5.20. The second kappa shape index (κ2) is 8.43. The maximum absolute atomic E-state index is 12.0. The zero-order chi connectivity index (χ0) is 15.8. The number of halogens is 1. The van der Waals surface area contributed by atoms with E-state index in [2.05, 4.69) is 5.32 Å². The number of rotatable bonds is 8. The minimum atomic E-state index is -0.618. The van der Waals surface area contributed by atoms with Crippen LogP contribution in [0.15, 0.2) is 12.1 Å². The van der Waals surface area contributed by atoms with Gasteiger partial charge in [0, 0.05) is 32.4 Å². The molecule has 3 N–H and O–H groups in total. The third-order valence-electron chi connectivity index (χ3n) is 2.88. The van der Waals surface area contributed by atoms with Crippen LogP contribution in [0.5, 0.6) is 0 Å². The van der Waals surface area contributed by atoms with E-state index in [0.717, 1.165) is 31.4 Å². The molecule has 0 aliphatic rings. The van der Waals surface area contributed by atoms with Crippen molar-refractivity contribution >= 4 is 28.9 Å². The Bertz CT molecular complexity index is 522. The van der Waals surface area contributed by atoms with Crippen LogP contribution >= 0.6 is 11.6 Å². The summed E-state index contributed by atoms with van der Waals surface area (Å²) in [6, 6.07) is 2.25. The van der Waals surface area contributed by atoms with Gasteiger partial charge in [-0.1, -0.05) is 11.6 Å². The Kier molecular flexibility index (Phi) is 6.90. The lowest BCUT2D eigenvalue weighted by atomic mass is 10.1. The SMILES string of the molecule is COCCCCCNC(=O)c1cc([N+](=O)[O-])cc(Cl)c1N. The standard InChI is InChI=1S/C13H18ClN3O4/c1-21-6-4-2-3-5-16-13(18)10-7-9(17(19)20)8-11(14)12(10)15/h7-8H,2-6,15H2,1H3,(H,16,18). The van der Waals surface area contributed by atoms with Crippen LogP contribution in [0.1, 0.15) is 29.6 Å². The topological polar surface area (TPSA) is 107 Å². The van der Waals surface area contributed by atoms with Gasteiger partial charge < -0.3 is 15.8 Å². The molecule has 0 aliphatic heterocycles. The molecule has 0 atom stereocenters. The summed E-state index contributed by atoms with van der Waals surface area (Å²) in [6.07, 6.45) is 2.62. The molecule has 0 heterocycles. The van der Waals surface area contributed by atoms with Gasteiger partial charge in [0.1, 0.15) is 0 Å². The number of nitrogens with two attached hydrogens (primary N) is 1. The second-order valence-electron chi connectivity index (χ2n) is 4.46. The van der Waals surface area contributed by atoms with E-state index in [4.69, 9.17) is 22.1 Å². The van der Waals surface area contributed by atoms with Crippen molar-refractivity contribution in [2.75, 3.05) is 26.0 Å². The molecular weight excluding hydrogens is 298 g/mol. The number of nitro groups is 1. The Balaban J connectivity index is 2.63. The van der Waals surface area contributed by atoms with Gasteiger partial charge in [-0.05, 0) is 19.3 Å². The molecular formula is C13H18ClN3O4. The lowest BCUT2D eigenvalue weighted by Crippen LogP contribution is -2.25. The summed E-state index contributed by atoms with van der Waals surface area (Å²) in [5.41, 5.74) is 5.49. The number of hydrogen-bond acceptors (Lipinski definition) is 5. The zero-order valence-corrected chi connectivity index (χ0v) is 12.5. The van der Waals surface area contributed by atoms with Crippen molar-refractivity contribution in [3.63, 3.8) is 0 Å². The number of hydrogen-bond donors (Lipinski definition) is 2. The van der Waals surface area contributed by atoms with Gasteiger partial charge in [0.25, 0.3) is 11.6 Å². The van der Waals surface area contributed by atoms with E-state index in [9.17, 15) is 14.9 Å². The van der Waals surface area contributed by atoms with Crippen molar-refractivity contribution in [2.45, 2.75) is 19.3 Å². The van der Waals surface area contributed by atoms with Gasteiger partial charge in [0.15, 0.2) is 0 Å². The molecule has 0 spiro atoms. The van der Waals surface area contributed by atoms with Crippen molar-refractivity contribution in [3.8, 4) is 0 Å². The van der Waals surface area contributed by atoms with Gasteiger partial charge >= 0.3 is 0 Å². The normalized spacial score (nSPS) is 10.4. The molecule has 21 heavy (non-hydrogen) atoms. The lowest BCUT2D eigenvalue weighted by molar-refractivity contribution is -0.384. The largest absolute Gasteiger partial charge is 0.397 e. The van der Waals surface area contributed by atoms with Gasteiger partial charge in [-0.25, -0.2) is 0 Å². The highest BCUT2D eigenvalue weighted by Gasteiger charge is 2.18. The number of nitro benzene ring substituents is 1. The molecule has 0 aromatic heterocycles. The molecule has 7 nitrogen and oxygen atoms in total. The number of nitrogens with one attached hydrogen (secondary N) is 1. The van der Waals surface area contributed by atoms with Crippen LogP contribution in [0.4, 0.5) is 11.4 Å². The zero-order valence-electron chi connectivity index (χ0n) is 11.7. The number of methoxy groups -OCH3 is 1. The van der Waals surface area contributed by atoms with Crippen molar-refractivity contribution in [1.82, 2.24) is 5.32 Å². The molecule has 0 saturated heterocycles. The van der Waals surface area contributed by atoms with Gasteiger partial charge in [0.05, 0.1) is 21.2 Å². The highest BCUT2D eigenvalue weighted by molar-refractivity contribution is 6.34. The summed E-state index contributed by atoms with van der Waals surface area (Å²) in [5.74, 6) is -0.468. The number of carbonyl (C=O) groups excluding carboxylic acids is 1. The van der Waals surface area contributed by atoms with Crippen LogP contribution in [-0.2, 0) is 4.74 Å². The first-order chi connectivity index (χ1) is 9.97. The van der Waals surface area contributed by atoms with Gasteiger partial charge in [-0.3, -0.25) is 14.9 Å². The molecule has 116 valence electrons. The van der Waals surface area contributed by atoms with Crippen LogP contribution < -0.4 is 11.1 Å². The number of anilines is 1. The summed E-state index contributed by atoms with van der Waals surface area (Å²) in [7, 11) is 1.64. The Hall–Kier alpha value is -1.86. The highest BCUT2D eigenvalue weighted by Crippen LogP contribution is 2.28. The van der Waals surface area contributed by atoms with Crippen LogP contribution in [0, 0.1) is 10.1 Å². The smallest absolute Gasteiger partial charge is 0.271 e. The van der Waals surface area contributed by atoms with E-state index in [1.165, 1.54) is 0 Å². The van der Waals surface area contributed by atoms with E-state index in [-0.39, 0.29) is 22.0 Å². The first-order valence-electron chi connectivity index (χ1n) is 6.48. The average molecular weight is 316 g/mol. The fourth-order valence-corrected chi connectivity index (χ4v) is 1.96. The van der Waals surface area contributed by atoms with Crippen LogP contribution in [0.3, 0.4) is 0 Å². The molecule has 0 saturated carbocycles. The van der Waals surface area contributed by atoms with E-state index in [1.54, 1.807) is 7.11 Å². The third-order valence-corrected chi connectivity index (χ3v) is 3.19. The Labute approximate surface area is 127 Å². The molecule has 0 fully saturated rings. The number of amides is 1. The minimum absolute atomic E-state index is 0.00514. The highest BCUT2D eigenvalue weighted by atomic mass is 35.5. The molecule has 0 unspecified atom stereocenters. The van der Waals surface area contributed by atoms with E-state index < -0.39 is 10.8 Å². The number of nitrogen functional groups attached to an aromatic ring is 1. The molecule has 0 aliphatic carbocycles. The van der Waals surface area contributed by atoms with Crippen LogP contribution in [-0.4, -0.2) is 31.1 Å². The van der Waals surface area contributed by atoms with Crippen molar-refractivity contribution in [3.05, 3.63) is 32.8 Å². The van der Waals surface area contributed by atoms with E-state index in [0.29, 0.717) is 13.2 Å². The summed E-state index contributed by atoms with van der Waals surface area (Å²) in [5, 5.41) is 13.4. The number of non-ortho nitro benzene ring substituents is 1. The first kappa shape index (κ1) is 17.2. The fourth-order valence-electron chi connectivity index (χ4n) is 1.74. The molecule has 1 aromatic rings. The van der Waals surface area contributed by atoms with Crippen LogP contribution in [0.2, 0.25) is 5.02 Å². The Morgan fingerprint density at radius 3 is 2.76 bits per heavy atom. The molecule has 0 bridgehead atoms. The predicted molar refractivity (Wildman–Crippen MR) is 80.6 cm³/mol. The number of ether oxygens (including phenoxy) is 1. The maximum Gasteiger partial charge on any atom is 0.271 e. The fraction of sp³-hybridized carbons (Fsp3) is 0.462. The Morgan fingerprint density at radius 2 is 2.14 bits per heavy atom. The van der Waals surface area contributed by atoms with Crippen molar-refractivity contribution in [1.29, 1.82) is 0 Å². The van der Waals surface area contributed by atoms with Gasteiger partial charge in [-0.2, -0.15) is 0 Å². The summed E-state index contributed by atoms with van der Waals surface area (Å²) in [4.78, 5) is 22.1. The lowest BCUT2D eigenvalue weighted by Gasteiger charge is -2.08. The van der Waals surface area contributed by atoms with Crippen molar-refractivity contribution < 1.29 is 14.5 Å². The molecule has 0 radical (unpaired) electrons. The monoisotopic (exact) mass is 315 g/mol. The maximum atomic E-state index is 12.0. The quantitative estimate of drug-likeness (QED) is 0.331. The Morgan fingerprint density at radius 1 is 1.43 bits per heavy atom. The van der Waals surface area contributed by atoms with E-state index in [1.807, 2.05) is 0 Å². The summed E-state index contributed by atoms with van der Waals surface area (Å²) in [6.45, 7) is 1.14. The second-order valence-corrected chi connectivity index (χ2v) is 4.86. The minimum Gasteiger partial charge on any atom is -0.397 e. The number of nitrogens with zero attached hydrogens (tertiary/aromatic N) is 1. The van der Waals surface area contributed by atoms with Gasteiger partial charge in [-0.15, -0.1) is 0 Å². The average Bonchev–Trinajstić information content (AvgIpc) is 2.44. The molecule has 1 aromatic carbocycles. The van der Waals surface area contributed by atoms with Gasteiger partial charge in [0.2, 0.25) is 0 Å². The molecule has 8 heteroatoms. The van der Waals surface area contributed by atoms with E-state index >= 15 is 0 Å². The molecule has 1 amide bonds. The molecule has 1 rings (SSSR count). The summed E-state index contributed by atoms with van der Waals surface area (Å²) < 4.78 is 4.92. The number of unbranched alkanes of at least 4 members (excludes halogenated alkanes) is 2. The first-order valence-corrected chi connectivity index (χ1v) is 6.85. The predicted octanol–water partition coefficient (Wildman–Crippen LogP) is 2.38. The summed E-state index contributed by atoms with van der Waals surface area (Å²) >= 11 is 5.80. The van der Waals surface area contributed by atoms with Crippen LogP contribution in [0.25, 0.3) is 0 Å². The number of benzene rings is 1.